The molecule has 0 fully saturated rings. The average Bonchev–Trinajstić information content (AvgIpc) is 3.20. The number of thiophene rings is 1. The maximum absolute atomic E-state index is 12.5. The lowest BCUT2D eigenvalue weighted by Crippen LogP contribution is -2.27. The van der Waals surface area contributed by atoms with Gasteiger partial charge in [-0.05, 0) is 24.3 Å². The summed E-state index contributed by atoms with van der Waals surface area (Å²) in [6, 6.07) is 21.1. The fourth-order valence-corrected chi connectivity index (χ4v) is 3.72. The smallest absolute Gasteiger partial charge is 0.349 e. The fourth-order valence-electron chi connectivity index (χ4n) is 2.81. The van der Waals surface area contributed by atoms with E-state index in [-0.39, 0.29) is 17.9 Å². The van der Waals surface area contributed by atoms with Gasteiger partial charge in [-0.2, -0.15) is 0 Å². The summed E-state index contributed by atoms with van der Waals surface area (Å²) in [4.78, 5) is 38.4. The summed E-state index contributed by atoms with van der Waals surface area (Å²) in [6.07, 6.45) is 0. The number of carbonyl (C=O) groups is 2. The zero-order chi connectivity index (χ0) is 19.5. The lowest BCUT2D eigenvalue weighted by atomic mass is 10.1. The molecule has 2 heterocycles. The summed E-state index contributed by atoms with van der Waals surface area (Å²) in [5.74, 6) is -0.567. The van der Waals surface area contributed by atoms with Crippen LogP contribution in [0.25, 0.3) is 11.0 Å². The molecule has 0 unspecified atom stereocenters. The quantitative estimate of drug-likeness (QED) is 0.413. The molecule has 6 heteroatoms. The summed E-state index contributed by atoms with van der Waals surface area (Å²) in [7, 11) is 0. The highest BCUT2D eigenvalue weighted by Gasteiger charge is 2.15. The Bertz CT molecular complexity index is 1220. The van der Waals surface area contributed by atoms with Gasteiger partial charge in [0.2, 0.25) is 5.78 Å². The minimum atomic E-state index is -0.678. The van der Waals surface area contributed by atoms with E-state index in [1.807, 2.05) is 18.2 Å². The molecule has 0 saturated heterocycles. The standard InChI is InChI=1S/C22H15NO4S/c24-20(14-6-2-1-3-7-14)19-11-10-16(28-19)13-23-21(25)17-12-15-8-4-5-9-18(15)27-22(17)26/h1-12H,13H2,(H,23,25). The van der Waals surface area contributed by atoms with E-state index in [4.69, 9.17) is 4.42 Å². The highest BCUT2D eigenvalue weighted by atomic mass is 32.1. The third kappa shape index (κ3) is 3.63. The predicted molar refractivity (Wildman–Crippen MR) is 108 cm³/mol. The van der Waals surface area contributed by atoms with E-state index >= 15 is 0 Å². The number of ketones is 1. The molecule has 0 saturated carbocycles. The van der Waals surface area contributed by atoms with Crippen molar-refractivity contribution in [3.8, 4) is 0 Å². The van der Waals surface area contributed by atoms with Crippen molar-refractivity contribution >= 4 is 34.0 Å². The fraction of sp³-hybridized carbons (Fsp3) is 0.0455. The Morgan fingerprint density at radius 1 is 0.929 bits per heavy atom. The van der Waals surface area contributed by atoms with E-state index in [1.165, 1.54) is 17.4 Å². The van der Waals surface area contributed by atoms with E-state index in [9.17, 15) is 14.4 Å². The number of rotatable bonds is 5. The second-order valence-electron chi connectivity index (χ2n) is 6.13. The molecule has 28 heavy (non-hydrogen) atoms. The van der Waals surface area contributed by atoms with E-state index in [0.29, 0.717) is 21.4 Å². The second kappa shape index (κ2) is 7.62. The average molecular weight is 389 g/mol. The van der Waals surface area contributed by atoms with Crippen molar-refractivity contribution in [1.82, 2.24) is 5.32 Å². The molecule has 1 amide bonds. The number of fused-ring (bicyclic) bond motifs is 1. The molecule has 4 aromatic rings. The molecule has 0 atom stereocenters. The summed E-state index contributed by atoms with van der Waals surface area (Å²) in [5.41, 5.74) is 0.332. The number of carbonyl (C=O) groups excluding carboxylic acids is 2. The van der Waals surface area contributed by atoms with E-state index < -0.39 is 11.5 Å². The molecule has 0 spiro atoms. The number of nitrogens with one attached hydrogen (secondary N) is 1. The highest BCUT2D eigenvalue weighted by Crippen LogP contribution is 2.20. The summed E-state index contributed by atoms with van der Waals surface area (Å²) in [5, 5.41) is 3.39. The third-order valence-electron chi connectivity index (χ3n) is 4.23. The van der Waals surface area contributed by atoms with Crippen LogP contribution < -0.4 is 10.9 Å². The Hall–Kier alpha value is -3.51. The molecule has 2 aromatic carbocycles. The maximum atomic E-state index is 12.5. The Labute approximate surface area is 164 Å². The molecule has 0 aliphatic carbocycles. The van der Waals surface area contributed by atoms with Gasteiger partial charge in [0.1, 0.15) is 11.1 Å². The minimum absolute atomic E-state index is 0.0455. The van der Waals surface area contributed by atoms with Crippen molar-refractivity contribution in [3.05, 3.63) is 104 Å². The largest absolute Gasteiger partial charge is 0.422 e. The van der Waals surface area contributed by atoms with E-state index in [0.717, 1.165) is 4.88 Å². The molecule has 5 nitrogen and oxygen atoms in total. The molecule has 138 valence electrons. The van der Waals surface area contributed by atoms with Crippen LogP contribution in [-0.4, -0.2) is 11.7 Å². The molecular formula is C22H15NO4S. The van der Waals surface area contributed by atoms with Crippen molar-refractivity contribution in [2.75, 3.05) is 0 Å². The van der Waals surface area contributed by atoms with Crippen LogP contribution in [0.1, 0.15) is 30.5 Å². The Balaban J connectivity index is 1.47. The number of benzene rings is 2. The summed E-state index contributed by atoms with van der Waals surface area (Å²) >= 11 is 1.31. The van der Waals surface area contributed by atoms with Gasteiger partial charge in [-0.1, -0.05) is 48.5 Å². The van der Waals surface area contributed by atoms with Crippen LogP contribution in [0.2, 0.25) is 0 Å². The van der Waals surface area contributed by atoms with Crippen molar-refractivity contribution in [1.29, 1.82) is 0 Å². The first-order valence-electron chi connectivity index (χ1n) is 8.61. The highest BCUT2D eigenvalue weighted by molar-refractivity contribution is 7.14. The van der Waals surface area contributed by atoms with Crippen LogP contribution >= 0.6 is 11.3 Å². The van der Waals surface area contributed by atoms with Gasteiger partial charge in [-0.3, -0.25) is 9.59 Å². The molecular weight excluding hydrogens is 374 g/mol. The molecule has 4 rings (SSSR count). The maximum Gasteiger partial charge on any atom is 0.349 e. The minimum Gasteiger partial charge on any atom is -0.422 e. The number of para-hydroxylation sites is 1. The number of amides is 1. The molecule has 0 radical (unpaired) electrons. The summed E-state index contributed by atoms with van der Waals surface area (Å²) < 4.78 is 5.19. The van der Waals surface area contributed by atoms with Crippen LogP contribution in [0.3, 0.4) is 0 Å². The molecule has 0 aliphatic heterocycles. The number of hydrogen-bond donors (Lipinski definition) is 1. The van der Waals surface area contributed by atoms with Gasteiger partial charge in [0.25, 0.3) is 5.91 Å². The van der Waals surface area contributed by atoms with Crippen molar-refractivity contribution in [2.45, 2.75) is 6.54 Å². The van der Waals surface area contributed by atoms with Crippen LogP contribution in [-0.2, 0) is 6.54 Å². The molecule has 0 aliphatic rings. The monoisotopic (exact) mass is 389 g/mol. The Morgan fingerprint density at radius 2 is 1.68 bits per heavy atom. The predicted octanol–water partition coefficient (Wildman–Crippen LogP) is 4.02. The number of hydrogen-bond acceptors (Lipinski definition) is 5. The topological polar surface area (TPSA) is 76.4 Å². The van der Waals surface area contributed by atoms with Gasteiger partial charge in [0.15, 0.2) is 0 Å². The van der Waals surface area contributed by atoms with Crippen LogP contribution in [0, 0.1) is 0 Å². The van der Waals surface area contributed by atoms with Gasteiger partial charge in [0.05, 0.1) is 11.4 Å². The second-order valence-corrected chi connectivity index (χ2v) is 7.30. The summed E-state index contributed by atoms with van der Waals surface area (Å²) in [6.45, 7) is 0.220. The van der Waals surface area contributed by atoms with Gasteiger partial charge < -0.3 is 9.73 Å². The van der Waals surface area contributed by atoms with Gasteiger partial charge in [-0.25, -0.2) is 4.79 Å². The van der Waals surface area contributed by atoms with Crippen LogP contribution in [0.15, 0.2) is 82.0 Å². The van der Waals surface area contributed by atoms with Crippen molar-refractivity contribution < 1.29 is 14.0 Å². The van der Waals surface area contributed by atoms with Crippen LogP contribution in [0.4, 0.5) is 0 Å². The first-order chi connectivity index (χ1) is 13.6. The van der Waals surface area contributed by atoms with Crippen molar-refractivity contribution in [3.63, 3.8) is 0 Å². The van der Waals surface area contributed by atoms with Gasteiger partial charge in [-0.15, -0.1) is 11.3 Å². The van der Waals surface area contributed by atoms with E-state index in [2.05, 4.69) is 5.32 Å². The van der Waals surface area contributed by atoms with Crippen LogP contribution in [0.5, 0.6) is 0 Å². The third-order valence-corrected chi connectivity index (χ3v) is 5.31. The first kappa shape index (κ1) is 17.9. The zero-order valence-corrected chi connectivity index (χ0v) is 15.5. The normalized spacial score (nSPS) is 10.7. The Kier molecular flexibility index (Phi) is 4.87. The molecule has 2 aromatic heterocycles. The Morgan fingerprint density at radius 3 is 2.50 bits per heavy atom. The SMILES string of the molecule is O=C(c1ccccc1)c1ccc(CNC(=O)c2cc3ccccc3oc2=O)s1. The van der Waals surface area contributed by atoms with Gasteiger partial charge >= 0.3 is 5.63 Å². The molecule has 0 bridgehead atoms. The molecule has 1 N–H and O–H groups in total. The lowest BCUT2D eigenvalue weighted by Gasteiger charge is -2.04. The van der Waals surface area contributed by atoms with E-state index in [1.54, 1.807) is 48.5 Å². The zero-order valence-electron chi connectivity index (χ0n) is 14.7. The van der Waals surface area contributed by atoms with Crippen molar-refractivity contribution in [2.24, 2.45) is 0 Å². The lowest BCUT2D eigenvalue weighted by molar-refractivity contribution is 0.0947. The van der Waals surface area contributed by atoms with Gasteiger partial charge in [0, 0.05) is 15.8 Å². The first-order valence-corrected chi connectivity index (χ1v) is 9.43.